The fourth-order valence-corrected chi connectivity index (χ4v) is 1.18. The number of hydrogen-bond donors (Lipinski definition) is 1. The number of imide groups is 1. The second-order valence-corrected chi connectivity index (χ2v) is 2.58. The van der Waals surface area contributed by atoms with Gasteiger partial charge in [0.05, 0.1) is 0 Å². The first-order valence-electron chi connectivity index (χ1n) is 3.79. The number of nitrogens with two attached hydrogens (primary N) is 1. The van der Waals surface area contributed by atoms with Gasteiger partial charge in [-0.3, -0.25) is 14.5 Å². The van der Waals surface area contributed by atoms with Gasteiger partial charge < -0.3 is 5.73 Å². The van der Waals surface area contributed by atoms with Crippen LogP contribution in [0.2, 0.25) is 0 Å². The molecule has 0 aromatic heterocycles. The number of nitrogens with zero attached hydrogens (tertiary/aromatic N) is 1. The molecular formula is C7H12N2O2. The van der Waals surface area contributed by atoms with Crippen molar-refractivity contribution in [3.8, 4) is 0 Å². The molecule has 0 radical (unpaired) electrons. The molecule has 0 aliphatic carbocycles. The Morgan fingerprint density at radius 2 is 1.82 bits per heavy atom. The predicted molar refractivity (Wildman–Crippen MR) is 39.6 cm³/mol. The van der Waals surface area contributed by atoms with Crippen LogP contribution >= 0.6 is 0 Å². The number of amides is 2. The van der Waals surface area contributed by atoms with Crippen molar-refractivity contribution in [3.05, 3.63) is 0 Å². The second kappa shape index (κ2) is 3.48. The Morgan fingerprint density at radius 3 is 2.27 bits per heavy atom. The van der Waals surface area contributed by atoms with E-state index in [1.165, 1.54) is 4.90 Å². The van der Waals surface area contributed by atoms with Crippen molar-refractivity contribution < 1.29 is 9.59 Å². The van der Waals surface area contributed by atoms with Gasteiger partial charge >= 0.3 is 0 Å². The molecule has 1 fully saturated rings. The lowest BCUT2D eigenvalue weighted by molar-refractivity contribution is -0.147. The fourth-order valence-electron chi connectivity index (χ4n) is 1.18. The Bertz CT molecular complexity index is 163. The summed E-state index contributed by atoms with van der Waals surface area (Å²) in [6.45, 7) is 0.731. The highest BCUT2D eigenvalue weighted by molar-refractivity contribution is 5.97. The SMILES string of the molecule is NCCN1C(=O)CCCC1=O. The number of carbonyl (C=O) groups excluding carboxylic acids is 2. The number of carbonyl (C=O) groups is 2. The molecule has 2 N–H and O–H groups in total. The zero-order valence-corrected chi connectivity index (χ0v) is 6.38. The lowest BCUT2D eigenvalue weighted by atomic mass is 10.1. The van der Waals surface area contributed by atoms with E-state index in [4.69, 9.17) is 5.73 Å². The number of rotatable bonds is 2. The average molecular weight is 156 g/mol. The molecule has 0 unspecified atom stereocenters. The van der Waals surface area contributed by atoms with Crippen LogP contribution in [0.4, 0.5) is 0 Å². The summed E-state index contributed by atoms with van der Waals surface area (Å²) < 4.78 is 0. The molecule has 1 aliphatic rings. The van der Waals surface area contributed by atoms with Crippen LogP contribution < -0.4 is 5.73 Å². The molecule has 62 valence electrons. The largest absolute Gasteiger partial charge is 0.329 e. The first kappa shape index (κ1) is 8.20. The van der Waals surface area contributed by atoms with Gasteiger partial charge in [0.2, 0.25) is 11.8 Å². The van der Waals surface area contributed by atoms with Gasteiger partial charge in [-0.25, -0.2) is 0 Å². The standard InChI is InChI=1S/C7H12N2O2/c8-4-5-9-6(10)2-1-3-7(9)11/h1-5,8H2. The van der Waals surface area contributed by atoms with E-state index in [0.29, 0.717) is 32.4 Å². The van der Waals surface area contributed by atoms with E-state index in [2.05, 4.69) is 0 Å². The molecule has 0 aromatic rings. The molecule has 1 aliphatic heterocycles. The van der Waals surface area contributed by atoms with Crippen LogP contribution in [0.5, 0.6) is 0 Å². The van der Waals surface area contributed by atoms with Crippen molar-refractivity contribution in [1.29, 1.82) is 0 Å². The summed E-state index contributed by atoms with van der Waals surface area (Å²) in [6, 6.07) is 0. The molecule has 1 heterocycles. The average Bonchev–Trinajstić information content (AvgIpc) is 1.97. The number of likely N-dealkylation sites (tertiary alicyclic amines) is 1. The molecule has 1 saturated heterocycles. The highest BCUT2D eigenvalue weighted by Gasteiger charge is 2.24. The zero-order valence-electron chi connectivity index (χ0n) is 6.38. The predicted octanol–water partition coefficient (Wildman–Crippen LogP) is -0.516. The molecule has 2 amide bonds. The molecule has 0 saturated carbocycles. The van der Waals surface area contributed by atoms with Gasteiger partial charge in [0, 0.05) is 25.9 Å². The first-order valence-corrected chi connectivity index (χ1v) is 3.79. The van der Waals surface area contributed by atoms with Gasteiger partial charge in [-0.1, -0.05) is 0 Å². The van der Waals surface area contributed by atoms with Crippen LogP contribution in [0.15, 0.2) is 0 Å². The van der Waals surface area contributed by atoms with Crippen LogP contribution in [0.3, 0.4) is 0 Å². The van der Waals surface area contributed by atoms with Gasteiger partial charge in [-0.05, 0) is 6.42 Å². The van der Waals surface area contributed by atoms with Crippen molar-refractivity contribution in [2.45, 2.75) is 19.3 Å². The minimum atomic E-state index is -0.0771. The summed E-state index contributed by atoms with van der Waals surface area (Å²) >= 11 is 0. The molecule has 0 spiro atoms. The Kier molecular flexibility index (Phi) is 2.59. The first-order chi connectivity index (χ1) is 5.25. The summed E-state index contributed by atoms with van der Waals surface area (Å²) in [4.78, 5) is 23.3. The molecule has 0 atom stereocenters. The van der Waals surface area contributed by atoms with Crippen LogP contribution in [0.1, 0.15) is 19.3 Å². The van der Waals surface area contributed by atoms with Crippen molar-refractivity contribution in [3.63, 3.8) is 0 Å². The Hall–Kier alpha value is -0.900. The van der Waals surface area contributed by atoms with Gasteiger partial charge in [-0.2, -0.15) is 0 Å². The summed E-state index contributed by atoms with van der Waals surface area (Å²) in [5.74, 6) is -0.154. The Balaban J connectivity index is 2.55. The number of piperidine rings is 1. The van der Waals surface area contributed by atoms with Crippen LogP contribution in [0.25, 0.3) is 0 Å². The maximum Gasteiger partial charge on any atom is 0.229 e. The fraction of sp³-hybridized carbons (Fsp3) is 0.714. The smallest absolute Gasteiger partial charge is 0.229 e. The van der Waals surface area contributed by atoms with Gasteiger partial charge in [0.15, 0.2) is 0 Å². The van der Waals surface area contributed by atoms with Crippen LogP contribution in [-0.4, -0.2) is 29.8 Å². The molecule has 0 aromatic carbocycles. The summed E-state index contributed by atoms with van der Waals surface area (Å²) in [5, 5.41) is 0. The summed E-state index contributed by atoms with van der Waals surface area (Å²) in [5.41, 5.74) is 5.24. The van der Waals surface area contributed by atoms with E-state index in [1.807, 2.05) is 0 Å². The van der Waals surface area contributed by atoms with E-state index in [0.717, 1.165) is 0 Å². The lowest BCUT2D eigenvalue weighted by Gasteiger charge is -2.23. The highest BCUT2D eigenvalue weighted by atomic mass is 16.2. The van der Waals surface area contributed by atoms with Gasteiger partial charge in [0.1, 0.15) is 0 Å². The second-order valence-electron chi connectivity index (χ2n) is 2.58. The van der Waals surface area contributed by atoms with Crippen LogP contribution in [0, 0.1) is 0 Å². The molecule has 1 rings (SSSR count). The molecule has 4 heteroatoms. The third-order valence-electron chi connectivity index (χ3n) is 1.74. The lowest BCUT2D eigenvalue weighted by Crippen LogP contribution is -2.42. The van der Waals surface area contributed by atoms with E-state index in [9.17, 15) is 9.59 Å². The summed E-state index contributed by atoms with van der Waals surface area (Å²) in [6.07, 6.45) is 1.68. The third kappa shape index (κ3) is 1.77. The van der Waals surface area contributed by atoms with E-state index in [-0.39, 0.29) is 11.8 Å². The van der Waals surface area contributed by atoms with Crippen molar-refractivity contribution in [2.75, 3.05) is 13.1 Å². The van der Waals surface area contributed by atoms with Crippen LogP contribution in [-0.2, 0) is 9.59 Å². The monoisotopic (exact) mass is 156 g/mol. The van der Waals surface area contributed by atoms with E-state index >= 15 is 0 Å². The molecule has 0 bridgehead atoms. The van der Waals surface area contributed by atoms with E-state index in [1.54, 1.807) is 0 Å². The van der Waals surface area contributed by atoms with Gasteiger partial charge in [-0.15, -0.1) is 0 Å². The Labute approximate surface area is 65.3 Å². The van der Waals surface area contributed by atoms with Crippen molar-refractivity contribution >= 4 is 11.8 Å². The van der Waals surface area contributed by atoms with Gasteiger partial charge in [0.25, 0.3) is 0 Å². The topological polar surface area (TPSA) is 63.4 Å². The quantitative estimate of drug-likeness (QED) is 0.547. The molecular weight excluding hydrogens is 144 g/mol. The highest BCUT2D eigenvalue weighted by Crippen LogP contribution is 2.10. The van der Waals surface area contributed by atoms with Crippen molar-refractivity contribution in [1.82, 2.24) is 4.90 Å². The molecule has 11 heavy (non-hydrogen) atoms. The zero-order chi connectivity index (χ0) is 8.27. The molecule has 4 nitrogen and oxygen atoms in total. The third-order valence-corrected chi connectivity index (χ3v) is 1.74. The number of hydrogen-bond acceptors (Lipinski definition) is 3. The Morgan fingerprint density at radius 1 is 1.27 bits per heavy atom. The maximum atomic E-state index is 11.0. The minimum Gasteiger partial charge on any atom is -0.329 e. The maximum absolute atomic E-state index is 11.0. The van der Waals surface area contributed by atoms with E-state index < -0.39 is 0 Å². The summed E-state index contributed by atoms with van der Waals surface area (Å²) in [7, 11) is 0. The van der Waals surface area contributed by atoms with Crippen molar-refractivity contribution in [2.24, 2.45) is 5.73 Å². The normalized spacial score (nSPS) is 19.2. The minimum absolute atomic E-state index is 0.0771.